The van der Waals surface area contributed by atoms with E-state index in [0.717, 1.165) is 0 Å². The van der Waals surface area contributed by atoms with Crippen molar-refractivity contribution in [2.75, 3.05) is 5.73 Å². The van der Waals surface area contributed by atoms with Crippen LogP contribution in [0.1, 0.15) is 20.8 Å². The Labute approximate surface area is 79.1 Å². The third-order valence-electron chi connectivity index (χ3n) is 1.98. The van der Waals surface area contributed by atoms with E-state index < -0.39 is 0 Å². The fourth-order valence-corrected chi connectivity index (χ4v) is 1.37. The van der Waals surface area contributed by atoms with Crippen molar-refractivity contribution in [2.45, 2.75) is 0 Å². The highest BCUT2D eigenvalue weighted by Gasteiger charge is 2.12. The van der Waals surface area contributed by atoms with Gasteiger partial charge in [0.15, 0.2) is 12.6 Å². The molecule has 2 aromatic heterocycles. The van der Waals surface area contributed by atoms with Crippen molar-refractivity contribution in [3.05, 3.63) is 29.6 Å². The molecule has 2 N–H and O–H groups in total. The van der Waals surface area contributed by atoms with Crippen molar-refractivity contribution in [1.29, 1.82) is 0 Å². The molecule has 0 radical (unpaired) electrons. The molecule has 0 amide bonds. The van der Waals surface area contributed by atoms with Crippen LogP contribution >= 0.6 is 0 Å². The smallest absolute Gasteiger partial charge is 0.171 e. The Hall–Kier alpha value is -2.17. The first-order valence-electron chi connectivity index (χ1n) is 3.95. The van der Waals surface area contributed by atoms with Crippen molar-refractivity contribution in [1.82, 2.24) is 9.61 Å². The number of anilines is 1. The lowest BCUT2D eigenvalue weighted by Crippen LogP contribution is -1.93. The molecule has 0 bridgehead atoms. The van der Waals surface area contributed by atoms with Gasteiger partial charge < -0.3 is 5.73 Å². The molecule has 70 valence electrons. The van der Waals surface area contributed by atoms with Crippen LogP contribution in [0.3, 0.4) is 0 Å². The number of rotatable bonds is 2. The molecule has 14 heavy (non-hydrogen) atoms. The van der Waals surface area contributed by atoms with Gasteiger partial charge in [0.05, 0.1) is 11.3 Å². The summed E-state index contributed by atoms with van der Waals surface area (Å²) in [6.45, 7) is 0. The molecule has 0 atom stereocenters. The molecule has 0 aromatic carbocycles. The van der Waals surface area contributed by atoms with E-state index in [9.17, 15) is 9.59 Å². The summed E-state index contributed by atoms with van der Waals surface area (Å²) >= 11 is 0. The summed E-state index contributed by atoms with van der Waals surface area (Å²) in [5, 5.41) is 3.90. The van der Waals surface area contributed by atoms with Gasteiger partial charge >= 0.3 is 0 Å². The predicted octanol–water partition coefficient (Wildman–Crippen LogP) is 0.542. The van der Waals surface area contributed by atoms with Gasteiger partial charge in [-0.05, 0) is 12.1 Å². The Bertz CT molecular complexity index is 516. The van der Waals surface area contributed by atoms with Gasteiger partial charge in [-0.1, -0.05) is 0 Å². The largest absolute Gasteiger partial charge is 0.397 e. The standard InChI is InChI=1S/C9H7N3O2/c10-7-2-1-3-12-9(7)6(4-13)8(5-14)11-12/h1-5H,10H2. The molecule has 0 aliphatic carbocycles. The van der Waals surface area contributed by atoms with E-state index in [-0.39, 0.29) is 11.3 Å². The molecule has 0 unspecified atom stereocenters. The van der Waals surface area contributed by atoms with E-state index in [2.05, 4.69) is 5.10 Å². The third-order valence-corrected chi connectivity index (χ3v) is 1.98. The third kappa shape index (κ3) is 0.990. The molecule has 0 aliphatic rings. The topological polar surface area (TPSA) is 77.5 Å². The fraction of sp³-hybridized carbons (Fsp3) is 0. The van der Waals surface area contributed by atoms with E-state index in [4.69, 9.17) is 5.73 Å². The van der Waals surface area contributed by atoms with Gasteiger partial charge in [0.25, 0.3) is 0 Å². The van der Waals surface area contributed by atoms with Crippen molar-refractivity contribution >= 4 is 23.8 Å². The van der Waals surface area contributed by atoms with E-state index in [0.29, 0.717) is 23.8 Å². The van der Waals surface area contributed by atoms with E-state index in [1.807, 2.05) is 0 Å². The molecule has 0 aliphatic heterocycles. The average molecular weight is 189 g/mol. The monoisotopic (exact) mass is 189 g/mol. The highest BCUT2D eigenvalue weighted by Crippen LogP contribution is 2.18. The minimum atomic E-state index is 0.109. The van der Waals surface area contributed by atoms with Gasteiger partial charge in [-0.25, -0.2) is 4.52 Å². The molecule has 5 heteroatoms. The van der Waals surface area contributed by atoms with Crippen LogP contribution < -0.4 is 5.73 Å². The number of pyridine rings is 1. The molecule has 2 heterocycles. The summed E-state index contributed by atoms with van der Waals surface area (Å²) in [6, 6.07) is 3.34. The molecule has 0 saturated carbocycles. The summed E-state index contributed by atoms with van der Waals surface area (Å²) < 4.78 is 1.42. The van der Waals surface area contributed by atoms with Crippen molar-refractivity contribution in [3.8, 4) is 0 Å². The molecule has 0 spiro atoms. The van der Waals surface area contributed by atoms with Crippen LogP contribution in [-0.2, 0) is 0 Å². The van der Waals surface area contributed by atoms with Crippen LogP contribution in [-0.4, -0.2) is 22.2 Å². The fourth-order valence-electron chi connectivity index (χ4n) is 1.37. The maximum absolute atomic E-state index is 10.7. The number of carbonyl (C=O) groups excluding carboxylic acids is 2. The van der Waals surface area contributed by atoms with E-state index >= 15 is 0 Å². The second-order valence-corrected chi connectivity index (χ2v) is 2.79. The zero-order valence-corrected chi connectivity index (χ0v) is 7.18. The summed E-state index contributed by atoms with van der Waals surface area (Å²) in [4.78, 5) is 21.3. The quantitative estimate of drug-likeness (QED) is 0.699. The molecule has 0 fully saturated rings. The second kappa shape index (κ2) is 2.95. The molecular formula is C9H7N3O2. The first-order valence-corrected chi connectivity index (χ1v) is 3.95. The average Bonchev–Trinajstić information content (AvgIpc) is 2.56. The SMILES string of the molecule is Nc1cccn2nc(C=O)c(C=O)c12. The van der Waals surface area contributed by atoms with Crippen molar-refractivity contribution in [2.24, 2.45) is 0 Å². The summed E-state index contributed by atoms with van der Waals surface area (Å²) in [5.74, 6) is 0. The Morgan fingerprint density at radius 2 is 2.14 bits per heavy atom. The molecule has 2 aromatic rings. The maximum Gasteiger partial charge on any atom is 0.171 e. The van der Waals surface area contributed by atoms with Crippen molar-refractivity contribution in [3.63, 3.8) is 0 Å². The minimum absolute atomic E-state index is 0.109. The summed E-state index contributed by atoms with van der Waals surface area (Å²) in [6.07, 6.45) is 2.75. The Balaban J connectivity index is 2.95. The van der Waals surface area contributed by atoms with Gasteiger partial charge in [0.1, 0.15) is 11.2 Å². The van der Waals surface area contributed by atoms with Gasteiger partial charge in [0, 0.05) is 6.20 Å². The summed E-state index contributed by atoms with van der Waals surface area (Å²) in [5.41, 5.74) is 6.91. The number of fused-ring (bicyclic) bond motifs is 1. The van der Waals surface area contributed by atoms with E-state index in [1.165, 1.54) is 4.52 Å². The first-order chi connectivity index (χ1) is 6.77. The number of nitrogens with zero attached hydrogens (tertiary/aromatic N) is 2. The summed E-state index contributed by atoms with van der Waals surface area (Å²) in [7, 11) is 0. The number of carbonyl (C=O) groups is 2. The predicted molar refractivity (Wildman–Crippen MR) is 50.4 cm³/mol. The minimum Gasteiger partial charge on any atom is -0.397 e. The zero-order chi connectivity index (χ0) is 10.1. The normalized spacial score (nSPS) is 10.3. The van der Waals surface area contributed by atoms with Crippen LogP contribution in [0.4, 0.5) is 5.69 Å². The lowest BCUT2D eigenvalue weighted by molar-refractivity contribution is 0.109. The van der Waals surface area contributed by atoms with Crippen LogP contribution in [0.5, 0.6) is 0 Å². The highest BCUT2D eigenvalue weighted by molar-refractivity contribution is 5.99. The van der Waals surface area contributed by atoms with Crippen LogP contribution in [0.15, 0.2) is 18.3 Å². The van der Waals surface area contributed by atoms with Gasteiger partial charge in [-0.3, -0.25) is 9.59 Å². The molecule has 2 rings (SSSR count). The van der Waals surface area contributed by atoms with Crippen LogP contribution in [0.25, 0.3) is 5.52 Å². The number of hydrogen-bond acceptors (Lipinski definition) is 4. The molecule has 5 nitrogen and oxygen atoms in total. The maximum atomic E-state index is 10.7. The zero-order valence-electron chi connectivity index (χ0n) is 7.18. The number of hydrogen-bond donors (Lipinski definition) is 1. The number of nitrogens with two attached hydrogens (primary N) is 1. The van der Waals surface area contributed by atoms with E-state index in [1.54, 1.807) is 18.3 Å². The van der Waals surface area contributed by atoms with Gasteiger partial charge in [-0.15, -0.1) is 0 Å². The second-order valence-electron chi connectivity index (χ2n) is 2.79. The van der Waals surface area contributed by atoms with Crippen LogP contribution in [0.2, 0.25) is 0 Å². The van der Waals surface area contributed by atoms with Gasteiger partial charge in [0.2, 0.25) is 0 Å². The highest BCUT2D eigenvalue weighted by atomic mass is 16.1. The number of aldehydes is 2. The Kier molecular flexibility index (Phi) is 1.78. The molecular weight excluding hydrogens is 182 g/mol. The number of aromatic nitrogens is 2. The van der Waals surface area contributed by atoms with Crippen LogP contribution in [0, 0.1) is 0 Å². The van der Waals surface area contributed by atoms with Crippen molar-refractivity contribution < 1.29 is 9.59 Å². The lowest BCUT2D eigenvalue weighted by Gasteiger charge is -1.96. The Morgan fingerprint density at radius 3 is 2.79 bits per heavy atom. The van der Waals surface area contributed by atoms with Gasteiger partial charge in [-0.2, -0.15) is 5.10 Å². The number of nitrogen functional groups attached to an aromatic ring is 1. The lowest BCUT2D eigenvalue weighted by atomic mass is 10.2. The Morgan fingerprint density at radius 1 is 1.36 bits per heavy atom. The first kappa shape index (κ1) is 8.43. The molecule has 0 saturated heterocycles.